The van der Waals surface area contributed by atoms with E-state index in [1.54, 1.807) is 13.0 Å². The maximum Gasteiger partial charge on any atom is 0.246 e. The fraction of sp³-hybridized carbons (Fsp3) is 0.250. The Labute approximate surface area is 84.6 Å². The summed E-state index contributed by atoms with van der Waals surface area (Å²) < 4.78 is 0. The molecule has 1 amide bonds. The fourth-order valence-electron chi connectivity index (χ4n) is 1.05. The lowest BCUT2D eigenvalue weighted by molar-refractivity contribution is -0.117. The first-order valence-corrected chi connectivity index (χ1v) is 4.69. The first kappa shape index (κ1) is 10.5. The molecule has 0 heterocycles. The maximum absolute atomic E-state index is 11.4. The topological polar surface area (TPSA) is 29.1 Å². The fourth-order valence-corrected chi connectivity index (χ4v) is 1.05. The highest BCUT2D eigenvalue weighted by atomic mass is 16.1. The Morgan fingerprint density at radius 1 is 1.36 bits per heavy atom. The van der Waals surface area contributed by atoms with Gasteiger partial charge in [0, 0.05) is 12.1 Å². The van der Waals surface area contributed by atoms with Crippen molar-refractivity contribution in [2.45, 2.75) is 20.4 Å². The third kappa shape index (κ3) is 3.05. The number of rotatable bonds is 3. The maximum atomic E-state index is 11.4. The van der Waals surface area contributed by atoms with Gasteiger partial charge in [0.15, 0.2) is 0 Å². The van der Waals surface area contributed by atoms with Crippen LogP contribution >= 0.6 is 0 Å². The second-order valence-electron chi connectivity index (χ2n) is 3.14. The molecule has 1 aromatic carbocycles. The molecule has 1 N–H and O–H groups in total. The minimum Gasteiger partial charge on any atom is -0.348 e. The van der Waals surface area contributed by atoms with E-state index in [9.17, 15) is 4.79 Å². The molecular formula is C12H15NO. The Morgan fingerprint density at radius 2 is 2.00 bits per heavy atom. The van der Waals surface area contributed by atoms with Crippen molar-refractivity contribution < 1.29 is 4.79 Å². The van der Waals surface area contributed by atoms with Crippen molar-refractivity contribution >= 4 is 5.91 Å². The van der Waals surface area contributed by atoms with Gasteiger partial charge in [0.05, 0.1) is 0 Å². The average Bonchev–Trinajstić information content (AvgIpc) is 2.26. The molecule has 0 unspecified atom stereocenters. The molecule has 74 valence electrons. The van der Waals surface area contributed by atoms with Gasteiger partial charge in [0.1, 0.15) is 0 Å². The SMILES string of the molecule is CC=C(C)C(=O)NCc1ccccc1. The van der Waals surface area contributed by atoms with Crippen LogP contribution in [0.15, 0.2) is 42.0 Å². The number of carbonyl (C=O) groups excluding carboxylic acids is 1. The average molecular weight is 189 g/mol. The molecule has 0 radical (unpaired) electrons. The minimum atomic E-state index is -0.00338. The monoisotopic (exact) mass is 189 g/mol. The van der Waals surface area contributed by atoms with Gasteiger partial charge in [-0.3, -0.25) is 4.79 Å². The summed E-state index contributed by atoms with van der Waals surface area (Å²) in [6.07, 6.45) is 1.81. The summed E-state index contributed by atoms with van der Waals surface area (Å²) in [5.41, 5.74) is 1.87. The first-order chi connectivity index (χ1) is 6.74. The summed E-state index contributed by atoms with van der Waals surface area (Å²) in [4.78, 5) is 11.4. The Bertz CT molecular complexity index is 327. The van der Waals surface area contributed by atoms with Crippen LogP contribution < -0.4 is 5.32 Å². The molecule has 0 spiro atoms. The van der Waals surface area contributed by atoms with E-state index in [4.69, 9.17) is 0 Å². The summed E-state index contributed by atoms with van der Waals surface area (Å²) in [5.74, 6) is -0.00338. The normalized spacial score (nSPS) is 11.1. The molecule has 14 heavy (non-hydrogen) atoms. The van der Waals surface area contributed by atoms with Crippen molar-refractivity contribution in [2.75, 3.05) is 0 Å². The quantitative estimate of drug-likeness (QED) is 0.726. The lowest BCUT2D eigenvalue weighted by atomic mass is 10.2. The highest BCUT2D eigenvalue weighted by Gasteiger charge is 2.01. The standard InChI is InChI=1S/C12H15NO/c1-3-10(2)12(14)13-9-11-7-5-4-6-8-11/h3-8H,9H2,1-2H3,(H,13,14). The van der Waals surface area contributed by atoms with Crippen molar-refractivity contribution in [2.24, 2.45) is 0 Å². The van der Waals surface area contributed by atoms with Gasteiger partial charge < -0.3 is 5.32 Å². The van der Waals surface area contributed by atoms with Gasteiger partial charge in [-0.1, -0.05) is 36.4 Å². The lowest BCUT2D eigenvalue weighted by Gasteiger charge is -2.04. The molecule has 0 aliphatic rings. The van der Waals surface area contributed by atoms with E-state index >= 15 is 0 Å². The van der Waals surface area contributed by atoms with Crippen molar-refractivity contribution in [3.05, 3.63) is 47.5 Å². The van der Waals surface area contributed by atoms with E-state index < -0.39 is 0 Å². The summed E-state index contributed by atoms with van der Waals surface area (Å²) in [5, 5.41) is 2.84. The van der Waals surface area contributed by atoms with Crippen LogP contribution in [-0.2, 0) is 11.3 Å². The van der Waals surface area contributed by atoms with Crippen LogP contribution in [0.25, 0.3) is 0 Å². The Kier molecular flexibility index (Phi) is 3.92. The Morgan fingerprint density at radius 3 is 2.57 bits per heavy atom. The molecule has 2 heteroatoms. The molecular weight excluding hydrogens is 174 g/mol. The summed E-state index contributed by atoms with van der Waals surface area (Å²) in [6.45, 7) is 4.25. The van der Waals surface area contributed by atoms with Gasteiger partial charge in [-0.2, -0.15) is 0 Å². The third-order valence-electron chi connectivity index (χ3n) is 2.09. The van der Waals surface area contributed by atoms with Crippen molar-refractivity contribution in [1.82, 2.24) is 5.32 Å². The molecule has 0 atom stereocenters. The number of carbonyl (C=O) groups is 1. The van der Waals surface area contributed by atoms with Crippen LogP contribution in [0, 0.1) is 0 Å². The molecule has 0 aliphatic heterocycles. The van der Waals surface area contributed by atoms with E-state index in [0.717, 1.165) is 11.1 Å². The second kappa shape index (κ2) is 5.22. The smallest absolute Gasteiger partial charge is 0.246 e. The number of allylic oxidation sites excluding steroid dienone is 1. The van der Waals surface area contributed by atoms with E-state index in [2.05, 4.69) is 5.32 Å². The zero-order valence-corrected chi connectivity index (χ0v) is 8.58. The number of hydrogen-bond donors (Lipinski definition) is 1. The van der Waals surface area contributed by atoms with Crippen LogP contribution in [0.3, 0.4) is 0 Å². The minimum absolute atomic E-state index is 0.00338. The Balaban J connectivity index is 2.46. The van der Waals surface area contributed by atoms with Gasteiger partial charge in [-0.25, -0.2) is 0 Å². The van der Waals surface area contributed by atoms with Crippen LogP contribution in [0.1, 0.15) is 19.4 Å². The lowest BCUT2D eigenvalue weighted by Crippen LogP contribution is -2.23. The Hall–Kier alpha value is -1.57. The first-order valence-electron chi connectivity index (χ1n) is 4.69. The van der Waals surface area contributed by atoms with E-state index in [1.807, 2.05) is 37.3 Å². The molecule has 0 saturated carbocycles. The summed E-state index contributed by atoms with van der Waals surface area (Å²) in [7, 11) is 0. The summed E-state index contributed by atoms with van der Waals surface area (Å²) in [6, 6.07) is 9.87. The molecule has 1 rings (SSSR count). The van der Waals surface area contributed by atoms with Crippen molar-refractivity contribution in [3.63, 3.8) is 0 Å². The highest BCUT2D eigenvalue weighted by Crippen LogP contribution is 1.98. The number of benzene rings is 1. The third-order valence-corrected chi connectivity index (χ3v) is 2.09. The number of hydrogen-bond acceptors (Lipinski definition) is 1. The van der Waals surface area contributed by atoms with Gasteiger partial charge in [-0.05, 0) is 19.4 Å². The predicted molar refractivity (Wildman–Crippen MR) is 57.7 cm³/mol. The van der Waals surface area contributed by atoms with Crippen LogP contribution in [0.2, 0.25) is 0 Å². The van der Waals surface area contributed by atoms with E-state index in [0.29, 0.717) is 6.54 Å². The largest absolute Gasteiger partial charge is 0.348 e. The molecule has 0 aromatic heterocycles. The van der Waals surface area contributed by atoms with Crippen molar-refractivity contribution in [1.29, 1.82) is 0 Å². The van der Waals surface area contributed by atoms with Crippen molar-refractivity contribution in [3.8, 4) is 0 Å². The molecule has 0 bridgehead atoms. The highest BCUT2D eigenvalue weighted by molar-refractivity contribution is 5.92. The molecule has 0 saturated heterocycles. The zero-order chi connectivity index (χ0) is 10.4. The molecule has 1 aromatic rings. The second-order valence-corrected chi connectivity index (χ2v) is 3.14. The summed E-state index contributed by atoms with van der Waals surface area (Å²) >= 11 is 0. The molecule has 0 fully saturated rings. The van der Waals surface area contributed by atoms with Gasteiger partial charge in [0.2, 0.25) is 5.91 Å². The number of amides is 1. The van der Waals surface area contributed by atoms with Crippen LogP contribution in [0.4, 0.5) is 0 Å². The number of nitrogens with one attached hydrogen (secondary N) is 1. The molecule has 2 nitrogen and oxygen atoms in total. The van der Waals surface area contributed by atoms with Crippen LogP contribution in [0.5, 0.6) is 0 Å². The zero-order valence-electron chi connectivity index (χ0n) is 8.58. The van der Waals surface area contributed by atoms with E-state index in [-0.39, 0.29) is 5.91 Å². The van der Waals surface area contributed by atoms with Gasteiger partial charge in [-0.15, -0.1) is 0 Å². The van der Waals surface area contributed by atoms with Crippen LogP contribution in [-0.4, -0.2) is 5.91 Å². The van der Waals surface area contributed by atoms with E-state index in [1.165, 1.54) is 0 Å². The van der Waals surface area contributed by atoms with Gasteiger partial charge in [0.25, 0.3) is 0 Å². The van der Waals surface area contributed by atoms with Gasteiger partial charge >= 0.3 is 0 Å². The molecule has 0 aliphatic carbocycles. The predicted octanol–water partition coefficient (Wildman–Crippen LogP) is 2.27.